The molecule has 0 spiro atoms. The Balaban J connectivity index is 2.71. The van der Waals surface area contributed by atoms with Gasteiger partial charge in [0.15, 0.2) is 0 Å². The monoisotopic (exact) mass is 111 g/mol. The van der Waals surface area contributed by atoms with Crippen molar-refractivity contribution in [2.75, 3.05) is 0 Å². The molecule has 0 bridgehead atoms. The predicted molar refractivity (Wildman–Crippen MR) is 33.5 cm³/mol. The molecule has 0 aromatic heterocycles. The molecular formula is C7H11O+. The van der Waals surface area contributed by atoms with Gasteiger partial charge in [0.2, 0.25) is 0 Å². The summed E-state index contributed by atoms with van der Waals surface area (Å²) in [4.78, 5) is 0. The molecule has 1 aliphatic carbocycles. The van der Waals surface area contributed by atoms with Crippen LogP contribution in [0.4, 0.5) is 0 Å². The van der Waals surface area contributed by atoms with Crippen molar-refractivity contribution < 1.29 is 5.11 Å². The van der Waals surface area contributed by atoms with Crippen LogP contribution in [-0.2, 0) is 0 Å². The Hall–Kier alpha value is -0.590. The van der Waals surface area contributed by atoms with Gasteiger partial charge in [-0.3, -0.25) is 0 Å². The number of allylic oxidation sites excluding steroid dienone is 2. The molecule has 0 aromatic carbocycles. The van der Waals surface area contributed by atoms with E-state index < -0.39 is 0 Å². The van der Waals surface area contributed by atoms with Crippen molar-refractivity contribution in [3.63, 3.8) is 0 Å². The molecule has 1 N–H and O–H groups in total. The van der Waals surface area contributed by atoms with E-state index in [2.05, 4.69) is 0 Å². The molecule has 1 nitrogen and oxygen atoms in total. The summed E-state index contributed by atoms with van der Waals surface area (Å²) in [6, 6.07) is 0. The van der Waals surface area contributed by atoms with Gasteiger partial charge >= 0.3 is 0 Å². The molecule has 44 valence electrons. The van der Waals surface area contributed by atoms with Crippen molar-refractivity contribution >= 4 is 0 Å². The predicted octanol–water partition coefficient (Wildman–Crippen LogP) is 2.21. The third-order valence-corrected chi connectivity index (χ3v) is 1.68. The Labute approximate surface area is 50.0 Å². The third-order valence-electron chi connectivity index (χ3n) is 1.68. The van der Waals surface area contributed by atoms with Crippen LogP contribution in [0.3, 0.4) is 0 Å². The smallest absolute Gasteiger partial charge is 0.278 e. The maximum absolute atomic E-state index is 9.11. The third kappa shape index (κ3) is 0.683. The average molecular weight is 111 g/mol. The van der Waals surface area contributed by atoms with Crippen molar-refractivity contribution in [2.24, 2.45) is 0 Å². The fourth-order valence-corrected chi connectivity index (χ4v) is 0.976. The first-order valence-electron chi connectivity index (χ1n) is 2.93. The first-order chi connectivity index (χ1) is 3.72. The van der Waals surface area contributed by atoms with Crippen LogP contribution in [0.5, 0.6) is 0 Å². The van der Waals surface area contributed by atoms with Gasteiger partial charge in [-0.25, -0.2) is 0 Å². The van der Waals surface area contributed by atoms with Crippen LogP contribution in [0.25, 0.3) is 0 Å². The summed E-state index contributed by atoms with van der Waals surface area (Å²) >= 11 is 0. The summed E-state index contributed by atoms with van der Waals surface area (Å²) < 4.78 is 0. The molecule has 0 amide bonds. The van der Waals surface area contributed by atoms with E-state index in [0.29, 0.717) is 5.76 Å². The van der Waals surface area contributed by atoms with Gasteiger partial charge in [-0.05, 0) is 0 Å². The van der Waals surface area contributed by atoms with Crippen LogP contribution in [0.1, 0.15) is 26.7 Å². The van der Waals surface area contributed by atoms with Crippen molar-refractivity contribution in [3.8, 4) is 0 Å². The normalized spacial score (nSPS) is 20.5. The van der Waals surface area contributed by atoms with E-state index in [4.69, 9.17) is 5.11 Å². The van der Waals surface area contributed by atoms with E-state index in [9.17, 15) is 0 Å². The van der Waals surface area contributed by atoms with Crippen LogP contribution >= 0.6 is 0 Å². The van der Waals surface area contributed by atoms with Crippen molar-refractivity contribution in [3.05, 3.63) is 17.3 Å². The summed E-state index contributed by atoms with van der Waals surface area (Å²) in [7, 11) is 0. The second-order valence-electron chi connectivity index (χ2n) is 2.41. The Bertz CT molecular complexity index is 124. The molecule has 0 aliphatic heterocycles. The fraction of sp³-hybridized carbons (Fsp3) is 0.571. The topological polar surface area (TPSA) is 20.2 Å². The number of hydrogen-bond donors (Lipinski definition) is 1. The second kappa shape index (κ2) is 1.73. The Morgan fingerprint density at radius 3 is 2.38 bits per heavy atom. The van der Waals surface area contributed by atoms with Gasteiger partial charge in [-0.1, -0.05) is 0 Å². The molecule has 1 rings (SSSR count). The summed E-state index contributed by atoms with van der Waals surface area (Å²) in [5.74, 6) is 1.69. The Morgan fingerprint density at radius 2 is 2.25 bits per heavy atom. The molecular weight excluding hydrogens is 100 g/mol. The maximum atomic E-state index is 9.11. The average Bonchev–Trinajstić information content (AvgIpc) is 1.98. The number of hydrogen-bond acceptors (Lipinski definition) is 1. The molecule has 1 heteroatoms. The zero-order valence-corrected chi connectivity index (χ0v) is 5.36. The summed E-state index contributed by atoms with van der Waals surface area (Å²) in [5, 5.41) is 9.11. The lowest BCUT2D eigenvalue weighted by molar-refractivity contribution is 0.405. The van der Waals surface area contributed by atoms with Crippen LogP contribution in [-0.4, -0.2) is 5.11 Å². The zero-order chi connectivity index (χ0) is 6.15. The van der Waals surface area contributed by atoms with Gasteiger partial charge < -0.3 is 5.11 Å². The van der Waals surface area contributed by atoms with Gasteiger partial charge in [0.25, 0.3) is 5.76 Å². The molecule has 0 radical (unpaired) electrons. The minimum absolute atomic E-state index is 0.546. The second-order valence-corrected chi connectivity index (χ2v) is 2.41. The van der Waals surface area contributed by atoms with Crippen molar-refractivity contribution in [1.82, 2.24) is 0 Å². The molecule has 0 saturated carbocycles. The lowest BCUT2D eigenvalue weighted by atomic mass is 10.1. The largest absolute Gasteiger partial charge is 0.477 e. The number of aliphatic hydroxyl groups excluding tert-OH is 1. The highest BCUT2D eigenvalue weighted by Crippen LogP contribution is 2.30. The molecule has 8 heavy (non-hydrogen) atoms. The molecule has 0 aromatic rings. The summed E-state index contributed by atoms with van der Waals surface area (Å²) in [6.07, 6.45) is 2.11. The lowest BCUT2D eigenvalue weighted by Crippen LogP contribution is -1.86. The van der Waals surface area contributed by atoms with Crippen molar-refractivity contribution in [1.29, 1.82) is 0 Å². The van der Waals surface area contributed by atoms with Crippen molar-refractivity contribution in [2.45, 2.75) is 26.7 Å². The van der Waals surface area contributed by atoms with Gasteiger partial charge in [0, 0.05) is 13.8 Å². The fourth-order valence-electron chi connectivity index (χ4n) is 0.976. The first-order valence-corrected chi connectivity index (χ1v) is 2.93. The standard InChI is InChI=1S/C7H10O/c1-5-3-4-6(2)7(5)8/h3-4H2,1-2H3/p+1. The van der Waals surface area contributed by atoms with E-state index in [1.165, 1.54) is 0 Å². The summed E-state index contributed by atoms with van der Waals surface area (Å²) in [5.41, 5.74) is 1.14. The molecule has 0 fully saturated rings. The quantitative estimate of drug-likeness (QED) is 0.475. The minimum Gasteiger partial charge on any atom is -0.477 e. The van der Waals surface area contributed by atoms with E-state index >= 15 is 0 Å². The van der Waals surface area contributed by atoms with E-state index in [-0.39, 0.29) is 0 Å². The first kappa shape index (κ1) is 5.54. The Kier molecular flexibility index (Phi) is 1.20. The number of rotatable bonds is 0. The molecule has 0 atom stereocenters. The Morgan fingerprint density at radius 1 is 1.62 bits per heavy atom. The SMILES string of the molecule is CC1=C(O)[C+](C)CC1. The van der Waals surface area contributed by atoms with Gasteiger partial charge in [0.05, 0.1) is 24.3 Å². The maximum Gasteiger partial charge on any atom is 0.278 e. The highest BCUT2D eigenvalue weighted by molar-refractivity contribution is 5.27. The van der Waals surface area contributed by atoms with Crippen LogP contribution in [0, 0.1) is 5.92 Å². The summed E-state index contributed by atoms with van der Waals surface area (Å²) in [6.45, 7) is 3.96. The van der Waals surface area contributed by atoms with Crippen LogP contribution in [0.15, 0.2) is 11.3 Å². The minimum atomic E-state index is 0.546. The van der Waals surface area contributed by atoms with Gasteiger partial charge in [-0.15, -0.1) is 0 Å². The van der Waals surface area contributed by atoms with E-state index in [1.54, 1.807) is 0 Å². The molecule has 0 unspecified atom stereocenters. The zero-order valence-electron chi connectivity index (χ0n) is 5.36. The van der Waals surface area contributed by atoms with Crippen LogP contribution in [0.2, 0.25) is 0 Å². The van der Waals surface area contributed by atoms with Crippen LogP contribution < -0.4 is 0 Å². The van der Waals surface area contributed by atoms with E-state index in [1.807, 2.05) is 13.8 Å². The lowest BCUT2D eigenvalue weighted by Gasteiger charge is -1.87. The number of aliphatic hydroxyl groups is 1. The highest BCUT2D eigenvalue weighted by Gasteiger charge is 2.28. The highest BCUT2D eigenvalue weighted by atomic mass is 16.3. The van der Waals surface area contributed by atoms with E-state index in [0.717, 1.165) is 24.3 Å². The molecule has 1 aliphatic rings. The van der Waals surface area contributed by atoms with Gasteiger partial charge in [0.1, 0.15) is 0 Å². The molecule has 0 heterocycles. The molecule has 0 saturated heterocycles. The van der Waals surface area contributed by atoms with Gasteiger partial charge in [-0.2, -0.15) is 0 Å².